The summed E-state index contributed by atoms with van der Waals surface area (Å²) in [6, 6.07) is 14.1. The van der Waals surface area contributed by atoms with Gasteiger partial charge in [0.15, 0.2) is 0 Å². The van der Waals surface area contributed by atoms with Crippen molar-refractivity contribution >= 4 is 17.4 Å². The Balaban J connectivity index is 1.45. The standard InChI is InChI=1S/C23H27N5O/c1-2-21-20(16-25-28(21)17-18-9-5-3-6-10-18)23(29)26-22-12-11-19(15-24-22)27-13-7-4-8-14-27/h3,5-6,9-12,15-16H,2,4,7-8,13-14,17H2,1H3,(H,24,26,29). The summed E-state index contributed by atoms with van der Waals surface area (Å²) in [5.74, 6) is 0.396. The average Bonchev–Trinajstić information content (AvgIpc) is 3.18. The Kier molecular flexibility index (Phi) is 5.89. The molecular formula is C23H27N5O. The highest BCUT2D eigenvalue weighted by Gasteiger charge is 2.17. The molecule has 1 fully saturated rings. The smallest absolute Gasteiger partial charge is 0.260 e. The predicted octanol–water partition coefficient (Wildman–Crippen LogP) is 4.13. The molecule has 0 radical (unpaired) electrons. The highest BCUT2D eigenvalue weighted by Crippen LogP contribution is 2.20. The first kappa shape index (κ1) is 19.2. The van der Waals surface area contributed by atoms with Crippen molar-refractivity contribution in [3.05, 3.63) is 71.7 Å². The number of piperidine rings is 1. The van der Waals surface area contributed by atoms with E-state index in [1.807, 2.05) is 48.1 Å². The van der Waals surface area contributed by atoms with E-state index in [0.717, 1.165) is 36.5 Å². The third-order valence-electron chi connectivity index (χ3n) is 5.41. The van der Waals surface area contributed by atoms with Gasteiger partial charge in [0.2, 0.25) is 0 Å². The molecule has 0 aliphatic carbocycles. The molecule has 1 amide bonds. The number of amides is 1. The Bertz CT molecular complexity index is 943. The van der Waals surface area contributed by atoms with Gasteiger partial charge in [-0.05, 0) is 43.4 Å². The molecule has 6 heteroatoms. The molecular weight excluding hydrogens is 362 g/mol. The van der Waals surface area contributed by atoms with E-state index >= 15 is 0 Å². The predicted molar refractivity (Wildman–Crippen MR) is 115 cm³/mol. The summed E-state index contributed by atoms with van der Waals surface area (Å²) in [6.45, 7) is 4.85. The van der Waals surface area contributed by atoms with Crippen LogP contribution in [0, 0.1) is 0 Å². The average molecular weight is 390 g/mol. The highest BCUT2D eigenvalue weighted by molar-refractivity contribution is 6.04. The zero-order chi connectivity index (χ0) is 20.1. The van der Waals surface area contributed by atoms with Crippen LogP contribution in [0.25, 0.3) is 0 Å². The Labute approximate surface area is 171 Å². The maximum atomic E-state index is 12.8. The Morgan fingerprint density at radius 1 is 1.03 bits per heavy atom. The number of nitrogens with zero attached hydrogens (tertiary/aromatic N) is 4. The topological polar surface area (TPSA) is 63.1 Å². The van der Waals surface area contributed by atoms with Gasteiger partial charge in [0.1, 0.15) is 5.82 Å². The van der Waals surface area contributed by atoms with Crippen LogP contribution in [0.1, 0.15) is 47.8 Å². The second-order valence-corrected chi connectivity index (χ2v) is 7.41. The normalized spacial score (nSPS) is 14.0. The number of hydrogen-bond donors (Lipinski definition) is 1. The molecule has 1 N–H and O–H groups in total. The zero-order valence-corrected chi connectivity index (χ0v) is 16.8. The van der Waals surface area contributed by atoms with Crippen molar-refractivity contribution in [2.45, 2.75) is 39.2 Å². The minimum Gasteiger partial charge on any atom is -0.370 e. The van der Waals surface area contributed by atoms with Gasteiger partial charge in [-0.25, -0.2) is 4.98 Å². The molecule has 150 valence electrons. The lowest BCUT2D eigenvalue weighted by Gasteiger charge is -2.28. The van der Waals surface area contributed by atoms with E-state index in [9.17, 15) is 4.79 Å². The molecule has 0 atom stereocenters. The van der Waals surface area contributed by atoms with Gasteiger partial charge in [-0.1, -0.05) is 37.3 Å². The largest absolute Gasteiger partial charge is 0.370 e. The van der Waals surface area contributed by atoms with Crippen LogP contribution in [-0.4, -0.2) is 33.8 Å². The molecule has 0 bridgehead atoms. The fraction of sp³-hybridized carbons (Fsp3) is 0.348. The van der Waals surface area contributed by atoms with Crippen molar-refractivity contribution in [1.82, 2.24) is 14.8 Å². The number of hydrogen-bond acceptors (Lipinski definition) is 4. The molecule has 1 aromatic carbocycles. The summed E-state index contributed by atoms with van der Waals surface area (Å²) < 4.78 is 1.90. The highest BCUT2D eigenvalue weighted by atomic mass is 16.1. The SMILES string of the molecule is CCc1c(C(=O)Nc2ccc(N3CCCCC3)cn2)cnn1Cc1ccccc1. The molecule has 3 aromatic rings. The van der Waals surface area contributed by atoms with Gasteiger partial charge < -0.3 is 10.2 Å². The molecule has 2 aromatic heterocycles. The summed E-state index contributed by atoms with van der Waals surface area (Å²) in [7, 11) is 0. The first-order valence-corrected chi connectivity index (χ1v) is 10.4. The van der Waals surface area contributed by atoms with Crippen LogP contribution in [-0.2, 0) is 13.0 Å². The van der Waals surface area contributed by atoms with E-state index in [2.05, 4.69) is 32.4 Å². The lowest BCUT2D eigenvalue weighted by molar-refractivity contribution is 0.102. The van der Waals surface area contributed by atoms with E-state index in [1.54, 1.807) is 6.20 Å². The third-order valence-corrected chi connectivity index (χ3v) is 5.41. The Hall–Kier alpha value is -3.15. The van der Waals surface area contributed by atoms with E-state index in [1.165, 1.54) is 19.3 Å². The number of rotatable bonds is 6. The van der Waals surface area contributed by atoms with E-state index < -0.39 is 0 Å². The minimum absolute atomic E-state index is 0.167. The third kappa shape index (κ3) is 4.47. The van der Waals surface area contributed by atoms with Crippen molar-refractivity contribution < 1.29 is 4.79 Å². The van der Waals surface area contributed by atoms with Crippen molar-refractivity contribution in [2.24, 2.45) is 0 Å². The van der Waals surface area contributed by atoms with Crippen LogP contribution in [0.4, 0.5) is 11.5 Å². The molecule has 1 aliphatic rings. The number of nitrogens with one attached hydrogen (secondary N) is 1. The number of benzene rings is 1. The van der Waals surface area contributed by atoms with Gasteiger partial charge in [-0.3, -0.25) is 9.48 Å². The van der Waals surface area contributed by atoms with Crippen LogP contribution in [0.5, 0.6) is 0 Å². The molecule has 0 spiro atoms. The summed E-state index contributed by atoms with van der Waals surface area (Å²) >= 11 is 0. The van der Waals surface area contributed by atoms with Gasteiger partial charge in [0.25, 0.3) is 5.91 Å². The van der Waals surface area contributed by atoms with Gasteiger partial charge in [-0.15, -0.1) is 0 Å². The van der Waals surface area contributed by atoms with Gasteiger partial charge in [-0.2, -0.15) is 5.10 Å². The minimum atomic E-state index is -0.167. The van der Waals surface area contributed by atoms with Crippen molar-refractivity contribution in [3.8, 4) is 0 Å². The molecule has 4 rings (SSSR count). The molecule has 1 saturated heterocycles. The molecule has 0 unspecified atom stereocenters. The van der Waals surface area contributed by atoms with Crippen LogP contribution < -0.4 is 10.2 Å². The molecule has 3 heterocycles. The van der Waals surface area contributed by atoms with Crippen LogP contribution in [0.2, 0.25) is 0 Å². The first-order chi connectivity index (χ1) is 14.2. The van der Waals surface area contributed by atoms with Crippen LogP contribution in [0.3, 0.4) is 0 Å². The monoisotopic (exact) mass is 389 g/mol. The van der Waals surface area contributed by atoms with E-state index in [-0.39, 0.29) is 5.91 Å². The Morgan fingerprint density at radius 3 is 2.52 bits per heavy atom. The van der Waals surface area contributed by atoms with Crippen LogP contribution in [0.15, 0.2) is 54.9 Å². The second-order valence-electron chi connectivity index (χ2n) is 7.41. The van der Waals surface area contributed by atoms with Crippen molar-refractivity contribution in [1.29, 1.82) is 0 Å². The van der Waals surface area contributed by atoms with Crippen LogP contribution >= 0.6 is 0 Å². The summed E-state index contributed by atoms with van der Waals surface area (Å²) in [4.78, 5) is 19.6. The molecule has 1 aliphatic heterocycles. The maximum absolute atomic E-state index is 12.8. The summed E-state index contributed by atoms with van der Waals surface area (Å²) in [5.41, 5.74) is 3.81. The van der Waals surface area contributed by atoms with Gasteiger partial charge >= 0.3 is 0 Å². The maximum Gasteiger partial charge on any atom is 0.260 e. The second kappa shape index (κ2) is 8.90. The Morgan fingerprint density at radius 2 is 1.83 bits per heavy atom. The fourth-order valence-electron chi connectivity index (χ4n) is 3.85. The van der Waals surface area contributed by atoms with Gasteiger partial charge in [0.05, 0.1) is 35.9 Å². The van der Waals surface area contributed by atoms with Crippen molar-refractivity contribution in [3.63, 3.8) is 0 Å². The van der Waals surface area contributed by atoms with Gasteiger partial charge in [0, 0.05) is 13.1 Å². The number of carbonyl (C=O) groups excluding carboxylic acids is 1. The van der Waals surface area contributed by atoms with Crippen molar-refractivity contribution in [2.75, 3.05) is 23.3 Å². The summed E-state index contributed by atoms with van der Waals surface area (Å²) in [6.07, 6.45) is 7.99. The van der Waals surface area contributed by atoms with E-state index in [0.29, 0.717) is 17.9 Å². The molecule has 0 saturated carbocycles. The lowest BCUT2D eigenvalue weighted by Crippen LogP contribution is -2.29. The zero-order valence-electron chi connectivity index (χ0n) is 16.8. The van der Waals surface area contributed by atoms with E-state index in [4.69, 9.17) is 0 Å². The number of anilines is 2. The molecule has 29 heavy (non-hydrogen) atoms. The molecule has 6 nitrogen and oxygen atoms in total. The number of carbonyl (C=O) groups is 1. The number of pyridine rings is 1. The lowest BCUT2D eigenvalue weighted by atomic mass is 10.1. The summed E-state index contributed by atoms with van der Waals surface area (Å²) in [5, 5.41) is 7.37. The quantitative estimate of drug-likeness (QED) is 0.688. The first-order valence-electron chi connectivity index (χ1n) is 10.4. The number of aromatic nitrogens is 3. The fourth-order valence-corrected chi connectivity index (χ4v) is 3.85.